The zero-order valence-corrected chi connectivity index (χ0v) is 21.7. The maximum atomic E-state index is 3.58. The van der Waals surface area contributed by atoms with Gasteiger partial charge >= 0.3 is 0 Å². The van der Waals surface area contributed by atoms with Crippen LogP contribution in [0.15, 0.2) is 12.4 Å². The van der Waals surface area contributed by atoms with Gasteiger partial charge in [-0.1, -0.05) is 136 Å². The zero-order valence-electron chi connectivity index (χ0n) is 21.7. The van der Waals surface area contributed by atoms with Crippen LogP contribution in [0.5, 0.6) is 0 Å². The highest BCUT2D eigenvalue weighted by Gasteiger charge is 2.21. The highest BCUT2D eigenvalue weighted by atomic mass is 15.1. The van der Waals surface area contributed by atoms with Gasteiger partial charge in [0, 0.05) is 0 Å². The van der Waals surface area contributed by atoms with Gasteiger partial charge in [0.05, 0.1) is 12.5 Å². The van der Waals surface area contributed by atoms with E-state index in [0.29, 0.717) is 0 Å². The first-order valence-corrected chi connectivity index (χ1v) is 14.4. The Labute approximate surface area is 196 Å². The van der Waals surface area contributed by atoms with E-state index in [0.717, 1.165) is 12.5 Å². The fourth-order valence-electron chi connectivity index (χ4n) is 5.00. The van der Waals surface area contributed by atoms with Crippen LogP contribution in [0, 0.1) is 0 Å². The molecule has 1 rings (SSSR count). The van der Waals surface area contributed by atoms with Crippen LogP contribution in [0.2, 0.25) is 0 Å². The molecule has 0 bridgehead atoms. The van der Waals surface area contributed by atoms with E-state index in [4.69, 9.17) is 0 Å². The van der Waals surface area contributed by atoms with Crippen LogP contribution in [0.3, 0.4) is 0 Å². The van der Waals surface area contributed by atoms with E-state index in [9.17, 15) is 0 Å². The van der Waals surface area contributed by atoms with Crippen molar-refractivity contribution in [2.45, 2.75) is 168 Å². The van der Waals surface area contributed by atoms with Crippen molar-refractivity contribution in [2.75, 3.05) is 0 Å². The van der Waals surface area contributed by atoms with Gasteiger partial charge in [-0.15, -0.1) is 0 Å². The van der Waals surface area contributed by atoms with Crippen molar-refractivity contribution in [3.8, 4) is 0 Å². The van der Waals surface area contributed by atoms with Crippen LogP contribution in [0.4, 0.5) is 0 Å². The first-order valence-electron chi connectivity index (χ1n) is 14.4. The van der Waals surface area contributed by atoms with Gasteiger partial charge in [0.1, 0.15) is 12.4 Å². The van der Waals surface area contributed by atoms with E-state index >= 15 is 0 Å². The Morgan fingerprint density at radius 3 is 1.35 bits per heavy atom. The Balaban J connectivity index is 2.13. The molecule has 2 heteroatoms. The second kappa shape index (κ2) is 21.1. The van der Waals surface area contributed by atoms with Crippen LogP contribution >= 0.6 is 0 Å². The Hall–Kier alpha value is -0.790. The van der Waals surface area contributed by atoms with Crippen LogP contribution < -0.4 is 4.57 Å². The van der Waals surface area contributed by atoms with Crippen LogP contribution in [-0.4, -0.2) is 4.98 Å². The van der Waals surface area contributed by atoms with Gasteiger partial charge in [0.2, 0.25) is 0 Å². The van der Waals surface area contributed by atoms with Crippen molar-refractivity contribution in [3.05, 3.63) is 18.2 Å². The zero-order chi connectivity index (χ0) is 22.4. The minimum Gasteiger partial charge on any atom is -0.247 e. The molecule has 31 heavy (non-hydrogen) atoms. The first kappa shape index (κ1) is 28.2. The minimum absolute atomic E-state index is 0.730. The molecule has 0 fully saturated rings. The molecule has 0 saturated carbocycles. The molecule has 2 nitrogen and oxygen atoms in total. The fourth-order valence-corrected chi connectivity index (χ4v) is 5.00. The Morgan fingerprint density at radius 1 is 0.581 bits per heavy atom. The van der Waals surface area contributed by atoms with Crippen LogP contribution in [0.1, 0.15) is 167 Å². The average Bonchev–Trinajstić information content (AvgIpc) is 3.26. The number of H-pyrrole nitrogens is 1. The van der Waals surface area contributed by atoms with Gasteiger partial charge < -0.3 is 0 Å². The molecule has 0 radical (unpaired) electrons. The van der Waals surface area contributed by atoms with Crippen molar-refractivity contribution < 1.29 is 4.57 Å². The molecule has 1 aromatic heterocycles. The Bertz CT molecular complexity index is 479. The molecule has 0 spiro atoms. The number of nitrogens with one attached hydrogen (secondary N) is 1. The lowest BCUT2D eigenvalue weighted by Crippen LogP contribution is -2.36. The molecule has 0 aliphatic carbocycles. The molecule has 182 valence electrons. The van der Waals surface area contributed by atoms with E-state index in [-0.39, 0.29) is 0 Å². The number of rotatable bonds is 23. The summed E-state index contributed by atoms with van der Waals surface area (Å²) >= 11 is 0. The van der Waals surface area contributed by atoms with Gasteiger partial charge in [-0.3, -0.25) is 0 Å². The molecule has 1 atom stereocenters. The van der Waals surface area contributed by atoms with Crippen LogP contribution in [-0.2, 0) is 6.54 Å². The topological polar surface area (TPSA) is 19.7 Å². The standard InChI is InChI=1S/C29H56N2/c1-4-7-9-11-13-14-15-16-17-18-19-21-23-25-28(24-22-20-12-10-8-5-2)29-30-26-27-31(29)6-3/h26-28H,4-25H2,1-3H3/p+1/t28-/m0/s1. The second-order valence-electron chi connectivity index (χ2n) is 9.92. The molecule has 0 unspecified atom stereocenters. The summed E-state index contributed by atoms with van der Waals surface area (Å²) in [4.78, 5) is 3.58. The van der Waals surface area contributed by atoms with E-state index in [1.165, 1.54) is 141 Å². The van der Waals surface area contributed by atoms with E-state index in [2.05, 4.69) is 42.7 Å². The summed E-state index contributed by atoms with van der Waals surface area (Å²) in [5, 5.41) is 0. The third-order valence-electron chi connectivity index (χ3n) is 7.08. The molecule has 0 aliphatic rings. The van der Waals surface area contributed by atoms with Crippen molar-refractivity contribution in [1.82, 2.24) is 4.98 Å². The number of hydrogen-bond donors (Lipinski definition) is 1. The number of imidazole rings is 1. The minimum atomic E-state index is 0.730. The van der Waals surface area contributed by atoms with Crippen molar-refractivity contribution in [3.63, 3.8) is 0 Å². The van der Waals surface area contributed by atoms with Gasteiger partial charge in [0.25, 0.3) is 5.82 Å². The Kier molecular flexibility index (Phi) is 19.2. The molecule has 0 amide bonds. The van der Waals surface area contributed by atoms with Gasteiger partial charge in [-0.2, -0.15) is 0 Å². The lowest BCUT2D eigenvalue weighted by molar-refractivity contribution is -0.701. The first-order chi connectivity index (χ1) is 15.3. The smallest absolute Gasteiger partial charge is 0.247 e. The molecule has 0 saturated heterocycles. The molecule has 1 N–H and O–H groups in total. The lowest BCUT2D eigenvalue weighted by atomic mass is 9.93. The summed E-state index contributed by atoms with van der Waals surface area (Å²) in [6, 6.07) is 0. The van der Waals surface area contributed by atoms with Gasteiger partial charge in [0.15, 0.2) is 0 Å². The number of nitrogens with zero attached hydrogens (tertiary/aromatic N) is 1. The van der Waals surface area contributed by atoms with E-state index in [1.807, 2.05) is 0 Å². The predicted molar refractivity (Wildman–Crippen MR) is 138 cm³/mol. The molecule has 0 aromatic carbocycles. The predicted octanol–water partition coefficient (Wildman–Crippen LogP) is 9.64. The number of aryl methyl sites for hydroxylation is 1. The summed E-state index contributed by atoms with van der Waals surface area (Å²) in [7, 11) is 0. The van der Waals surface area contributed by atoms with Crippen molar-refractivity contribution in [1.29, 1.82) is 0 Å². The summed E-state index contributed by atoms with van der Waals surface area (Å²) in [6.45, 7) is 7.96. The van der Waals surface area contributed by atoms with Gasteiger partial charge in [-0.05, 0) is 19.8 Å². The maximum absolute atomic E-state index is 3.58. The van der Waals surface area contributed by atoms with Crippen molar-refractivity contribution in [2.24, 2.45) is 0 Å². The molecule has 0 aliphatic heterocycles. The Morgan fingerprint density at radius 2 is 0.968 bits per heavy atom. The molecular formula is C29H57N2+. The van der Waals surface area contributed by atoms with E-state index in [1.54, 1.807) is 0 Å². The summed E-state index contributed by atoms with van der Waals surface area (Å²) in [5.74, 6) is 2.21. The monoisotopic (exact) mass is 433 g/mol. The second-order valence-corrected chi connectivity index (χ2v) is 9.92. The highest BCUT2D eigenvalue weighted by Crippen LogP contribution is 2.26. The maximum Gasteiger partial charge on any atom is 0.257 e. The summed E-state index contributed by atoms with van der Waals surface area (Å²) < 4.78 is 2.43. The molecule has 1 aromatic rings. The third-order valence-corrected chi connectivity index (χ3v) is 7.08. The van der Waals surface area contributed by atoms with Crippen molar-refractivity contribution >= 4 is 0 Å². The van der Waals surface area contributed by atoms with Crippen LogP contribution in [0.25, 0.3) is 0 Å². The SMILES string of the molecule is CCCCCCCCCCCCCCC[C@H](CCCCCCCC)c1[nH]cc[n+]1CC. The number of aromatic nitrogens is 2. The summed E-state index contributed by atoms with van der Waals surface area (Å²) in [5.41, 5.74) is 0. The largest absolute Gasteiger partial charge is 0.257 e. The highest BCUT2D eigenvalue weighted by molar-refractivity contribution is 4.90. The fraction of sp³-hybridized carbons (Fsp3) is 0.897. The lowest BCUT2D eigenvalue weighted by Gasteiger charge is -2.14. The average molecular weight is 434 g/mol. The quantitative estimate of drug-likeness (QED) is 0.131. The number of unbranched alkanes of at least 4 members (excludes halogenated alkanes) is 17. The van der Waals surface area contributed by atoms with E-state index < -0.39 is 0 Å². The normalized spacial score (nSPS) is 12.5. The summed E-state index contributed by atoms with van der Waals surface area (Å²) in [6.07, 6.45) is 34.3. The molecule has 1 heterocycles. The number of hydrogen-bond acceptors (Lipinski definition) is 0. The third kappa shape index (κ3) is 14.8. The van der Waals surface area contributed by atoms with Gasteiger partial charge in [-0.25, -0.2) is 9.55 Å². The number of aromatic amines is 1. The molecular weight excluding hydrogens is 376 g/mol.